The molecule has 0 saturated carbocycles. The van der Waals surface area contributed by atoms with Crippen LogP contribution in [0, 0.1) is 11.8 Å². The van der Waals surface area contributed by atoms with E-state index in [0.717, 1.165) is 0 Å². The van der Waals surface area contributed by atoms with Crippen LogP contribution in [0.25, 0.3) is 0 Å². The smallest absolute Gasteiger partial charge is 0.0488 e. The van der Waals surface area contributed by atoms with Crippen molar-refractivity contribution in [2.24, 2.45) is 11.8 Å². The molecule has 0 saturated heterocycles. The molecular formula is C12H27ClNP. The quantitative estimate of drug-likeness (QED) is 0.628. The van der Waals surface area contributed by atoms with E-state index in [2.05, 4.69) is 60.1 Å². The molecule has 0 aromatic carbocycles. The van der Waals surface area contributed by atoms with Gasteiger partial charge in [0.05, 0.1) is 0 Å². The fourth-order valence-corrected chi connectivity index (χ4v) is 3.74. The minimum absolute atomic E-state index is 0.147. The minimum atomic E-state index is 0.147. The average molecular weight is 252 g/mol. The number of halogens is 1. The molecule has 0 fully saturated rings. The Kier molecular flexibility index (Phi) is 5.58. The maximum Gasteiger partial charge on any atom is 0.0488 e. The topological polar surface area (TPSA) is 3.24 Å². The molecule has 1 unspecified atom stereocenters. The lowest BCUT2D eigenvalue weighted by atomic mass is 9.83. The summed E-state index contributed by atoms with van der Waals surface area (Å²) in [6.07, 6.45) is 0. The summed E-state index contributed by atoms with van der Waals surface area (Å²) in [6.45, 7) is 18.2. The first-order valence-corrected chi connectivity index (χ1v) is 7.71. The Labute approximate surface area is 103 Å². The van der Waals surface area contributed by atoms with Gasteiger partial charge in [-0.25, -0.2) is 0 Å². The van der Waals surface area contributed by atoms with Crippen molar-refractivity contribution >= 4 is 19.3 Å². The summed E-state index contributed by atoms with van der Waals surface area (Å²) in [4.78, 5) is 0. The van der Waals surface area contributed by atoms with Crippen LogP contribution in [-0.2, 0) is 0 Å². The van der Waals surface area contributed by atoms with Crippen LogP contribution in [0.2, 0.25) is 0 Å². The summed E-state index contributed by atoms with van der Waals surface area (Å²) < 4.78 is 2.44. The highest BCUT2D eigenvalue weighted by Crippen LogP contribution is 2.45. The van der Waals surface area contributed by atoms with Crippen LogP contribution in [0.4, 0.5) is 0 Å². The van der Waals surface area contributed by atoms with Gasteiger partial charge in [-0.1, -0.05) is 38.9 Å². The molecule has 0 heterocycles. The first kappa shape index (κ1) is 15.7. The number of nitrogens with zero attached hydrogens (tertiary/aromatic N) is 1. The van der Waals surface area contributed by atoms with Gasteiger partial charge in [0.25, 0.3) is 0 Å². The number of hydrogen-bond acceptors (Lipinski definition) is 1. The summed E-state index contributed by atoms with van der Waals surface area (Å²) in [5.74, 6) is 1.20. The number of hydrogen-bond donors (Lipinski definition) is 0. The zero-order valence-corrected chi connectivity index (χ0v) is 13.2. The van der Waals surface area contributed by atoms with Crippen molar-refractivity contribution in [3.63, 3.8) is 0 Å². The van der Waals surface area contributed by atoms with Gasteiger partial charge in [0.15, 0.2) is 0 Å². The molecule has 1 atom stereocenters. The van der Waals surface area contributed by atoms with Crippen LogP contribution in [0.1, 0.15) is 55.4 Å². The third-order valence-corrected chi connectivity index (χ3v) is 5.89. The van der Waals surface area contributed by atoms with Gasteiger partial charge in [0.2, 0.25) is 0 Å². The third-order valence-electron chi connectivity index (χ3n) is 4.06. The lowest BCUT2D eigenvalue weighted by Crippen LogP contribution is -2.55. The fourth-order valence-electron chi connectivity index (χ4n) is 1.48. The predicted octanol–water partition coefficient (Wildman–Crippen LogP) is 4.90. The molecule has 0 rings (SSSR count). The van der Waals surface area contributed by atoms with E-state index in [1.165, 1.54) is 0 Å². The summed E-state index contributed by atoms with van der Waals surface area (Å²) in [5, 5.41) is 0. The molecule has 15 heavy (non-hydrogen) atoms. The zero-order chi connectivity index (χ0) is 12.4. The maximum atomic E-state index is 6.18. The number of rotatable bonds is 5. The molecule has 0 aliphatic heterocycles. The summed E-state index contributed by atoms with van der Waals surface area (Å²) in [7, 11) is 0.343. The van der Waals surface area contributed by atoms with Crippen LogP contribution in [0.15, 0.2) is 0 Å². The molecule has 92 valence electrons. The van der Waals surface area contributed by atoms with Crippen molar-refractivity contribution in [1.29, 1.82) is 0 Å². The monoisotopic (exact) mass is 251 g/mol. The standard InChI is InChI=1S/C12H27ClNP/c1-9(2)11(5,6)14(15-13)12(7,8)10(3)4/h9-10,15H,1-8H3. The van der Waals surface area contributed by atoms with Gasteiger partial charge in [0, 0.05) is 19.2 Å². The van der Waals surface area contributed by atoms with Crippen molar-refractivity contribution < 1.29 is 0 Å². The molecule has 3 heteroatoms. The SMILES string of the molecule is CC(C)C(C)(C)N(PCl)C(C)(C)C(C)C. The van der Waals surface area contributed by atoms with Crippen molar-refractivity contribution in [2.75, 3.05) is 0 Å². The normalized spacial score (nSPS) is 15.2. The molecule has 0 aromatic rings. The fraction of sp³-hybridized carbons (Fsp3) is 1.00. The molecule has 0 amide bonds. The van der Waals surface area contributed by atoms with Gasteiger partial charge in [-0.3, -0.25) is 4.67 Å². The Hall–Kier alpha value is 0.680. The van der Waals surface area contributed by atoms with E-state index in [-0.39, 0.29) is 11.1 Å². The summed E-state index contributed by atoms with van der Waals surface area (Å²) in [5.41, 5.74) is 0.294. The van der Waals surface area contributed by atoms with Crippen LogP contribution in [-0.4, -0.2) is 15.7 Å². The summed E-state index contributed by atoms with van der Waals surface area (Å²) >= 11 is 6.18. The highest BCUT2D eigenvalue weighted by molar-refractivity contribution is 7.66. The average Bonchev–Trinajstić information content (AvgIpc) is 2.03. The second-order valence-corrected chi connectivity index (χ2v) is 7.16. The largest absolute Gasteiger partial charge is 0.261 e. The second-order valence-electron chi connectivity index (χ2n) is 6.04. The summed E-state index contributed by atoms with van der Waals surface area (Å²) in [6, 6.07) is 0. The highest BCUT2D eigenvalue weighted by atomic mass is 35.7. The molecule has 0 N–H and O–H groups in total. The minimum Gasteiger partial charge on any atom is -0.261 e. The Morgan fingerprint density at radius 2 is 1.13 bits per heavy atom. The molecule has 1 nitrogen and oxygen atoms in total. The van der Waals surface area contributed by atoms with Crippen LogP contribution in [0.5, 0.6) is 0 Å². The second kappa shape index (κ2) is 5.34. The van der Waals surface area contributed by atoms with Crippen molar-refractivity contribution in [2.45, 2.75) is 66.5 Å². The lowest BCUT2D eigenvalue weighted by Gasteiger charge is -2.51. The molecule has 0 spiro atoms. The van der Waals surface area contributed by atoms with E-state index in [1.54, 1.807) is 0 Å². The molecule has 0 aliphatic rings. The lowest BCUT2D eigenvalue weighted by molar-refractivity contribution is 0.0546. The van der Waals surface area contributed by atoms with Crippen molar-refractivity contribution in [3.8, 4) is 0 Å². The molecule has 0 radical (unpaired) electrons. The first-order chi connectivity index (χ1) is 6.58. The maximum absolute atomic E-state index is 6.18. The Morgan fingerprint density at radius 1 is 0.867 bits per heavy atom. The van der Waals surface area contributed by atoms with Gasteiger partial charge in [-0.15, -0.1) is 0 Å². The van der Waals surface area contributed by atoms with Gasteiger partial charge >= 0.3 is 0 Å². The van der Waals surface area contributed by atoms with Crippen molar-refractivity contribution in [1.82, 2.24) is 4.67 Å². The van der Waals surface area contributed by atoms with Crippen LogP contribution >= 0.6 is 19.3 Å². The molecule has 0 aromatic heterocycles. The molecule has 0 aliphatic carbocycles. The van der Waals surface area contributed by atoms with Gasteiger partial charge < -0.3 is 0 Å². The van der Waals surface area contributed by atoms with E-state index >= 15 is 0 Å². The molecular weight excluding hydrogens is 225 g/mol. The molecule has 0 bridgehead atoms. The zero-order valence-electron chi connectivity index (χ0n) is 11.5. The van der Waals surface area contributed by atoms with E-state index in [9.17, 15) is 0 Å². The Balaban J connectivity index is 5.07. The van der Waals surface area contributed by atoms with E-state index < -0.39 is 0 Å². The predicted molar refractivity (Wildman–Crippen MR) is 73.8 cm³/mol. The Bertz CT molecular complexity index is 180. The van der Waals surface area contributed by atoms with E-state index in [0.29, 0.717) is 19.9 Å². The highest BCUT2D eigenvalue weighted by Gasteiger charge is 2.40. The van der Waals surface area contributed by atoms with E-state index in [1.807, 2.05) is 0 Å². The van der Waals surface area contributed by atoms with Crippen LogP contribution in [0.3, 0.4) is 0 Å². The van der Waals surface area contributed by atoms with Crippen LogP contribution < -0.4 is 0 Å². The third kappa shape index (κ3) is 3.32. The van der Waals surface area contributed by atoms with Gasteiger partial charge in [-0.05, 0) is 39.5 Å². The van der Waals surface area contributed by atoms with Crippen molar-refractivity contribution in [3.05, 3.63) is 0 Å². The first-order valence-electron chi connectivity index (χ1n) is 5.75. The Morgan fingerprint density at radius 3 is 1.27 bits per heavy atom. The van der Waals surface area contributed by atoms with Gasteiger partial charge in [0.1, 0.15) is 0 Å². The van der Waals surface area contributed by atoms with Gasteiger partial charge in [-0.2, -0.15) is 0 Å². The van der Waals surface area contributed by atoms with E-state index in [4.69, 9.17) is 11.2 Å².